The Morgan fingerprint density at radius 3 is 2.59 bits per heavy atom. The predicted octanol–water partition coefficient (Wildman–Crippen LogP) is 0.967. The van der Waals surface area contributed by atoms with Gasteiger partial charge in [0.1, 0.15) is 5.41 Å². The zero-order valence-electron chi connectivity index (χ0n) is 10.1. The third-order valence-corrected chi connectivity index (χ3v) is 3.29. The topological polar surface area (TPSA) is 49.8 Å². The van der Waals surface area contributed by atoms with Crippen molar-refractivity contribution in [2.75, 3.05) is 31.8 Å². The van der Waals surface area contributed by atoms with E-state index in [2.05, 4.69) is 0 Å². The van der Waals surface area contributed by atoms with E-state index in [9.17, 15) is 9.90 Å². The molecule has 0 bridgehead atoms. The number of carbonyl (C=O) groups excluding carboxylic acids is 1. The van der Waals surface area contributed by atoms with Gasteiger partial charge in [0.2, 0.25) is 5.91 Å². The third kappa shape index (κ3) is 1.94. The molecule has 1 aromatic rings. The van der Waals surface area contributed by atoms with E-state index in [0.717, 1.165) is 11.3 Å². The summed E-state index contributed by atoms with van der Waals surface area (Å²) in [6.07, 6.45) is 0. The molecule has 4 heteroatoms. The molecule has 0 radical (unpaired) electrons. The normalized spacial score (nSPS) is 17.4. The van der Waals surface area contributed by atoms with Crippen molar-refractivity contribution < 1.29 is 14.6 Å². The second kappa shape index (κ2) is 4.47. The minimum atomic E-state index is -0.739. The number of para-hydroxylation sites is 1. The zero-order valence-corrected chi connectivity index (χ0v) is 10.1. The van der Waals surface area contributed by atoms with E-state index in [0.29, 0.717) is 13.2 Å². The van der Waals surface area contributed by atoms with Crippen LogP contribution < -0.4 is 4.90 Å². The van der Waals surface area contributed by atoms with Gasteiger partial charge in [-0.2, -0.15) is 0 Å². The van der Waals surface area contributed by atoms with Crippen LogP contribution in [0.4, 0.5) is 5.69 Å². The van der Waals surface area contributed by atoms with Crippen LogP contribution >= 0.6 is 0 Å². The maximum atomic E-state index is 12.3. The van der Waals surface area contributed by atoms with Gasteiger partial charge >= 0.3 is 0 Å². The maximum absolute atomic E-state index is 12.3. The summed E-state index contributed by atoms with van der Waals surface area (Å²) in [5.74, 6) is -0.0828. The Labute approximate surface area is 101 Å². The number of nitrogens with zero attached hydrogens (tertiary/aromatic N) is 1. The minimum absolute atomic E-state index is 0.0828. The van der Waals surface area contributed by atoms with Crippen molar-refractivity contribution in [1.29, 1.82) is 0 Å². The maximum Gasteiger partial charge on any atom is 0.239 e. The van der Waals surface area contributed by atoms with E-state index in [4.69, 9.17) is 4.74 Å². The summed E-state index contributed by atoms with van der Waals surface area (Å²) < 4.78 is 5.06. The largest absolute Gasteiger partial charge is 0.395 e. The van der Waals surface area contributed by atoms with Crippen molar-refractivity contribution in [3.63, 3.8) is 0 Å². The summed E-state index contributed by atoms with van der Waals surface area (Å²) in [5.41, 5.74) is 1.17. The number of hydrogen-bond donors (Lipinski definition) is 1. The van der Waals surface area contributed by atoms with Gasteiger partial charge in [-0.15, -0.1) is 0 Å². The average molecular weight is 235 g/mol. The smallest absolute Gasteiger partial charge is 0.239 e. The van der Waals surface area contributed by atoms with Gasteiger partial charge in [0, 0.05) is 12.7 Å². The summed E-state index contributed by atoms with van der Waals surface area (Å²) >= 11 is 0. The molecule has 1 heterocycles. The van der Waals surface area contributed by atoms with Crippen LogP contribution in [-0.4, -0.2) is 37.9 Å². The third-order valence-electron chi connectivity index (χ3n) is 3.29. The van der Waals surface area contributed by atoms with Crippen molar-refractivity contribution in [2.24, 2.45) is 5.41 Å². The Morgan fingerprint density at radius 2 is 2.12 bits per heavy atom. The van der Waals surface area contributed by atoms with E-state index in [-0.39, 0.29) is 12.5 Å². The molecule has 1 N–H and O–H groups in total. The highest BCUT2D eigenvalue weighted by Crippen LogP contribution is 2.31. The van der Waals surface area contributed by atoms with Crippen molar-refractivity contribution in [3.8, 4) is 0 Å². The number of aliphatic hydroxyl groups is 1. The summed E-state index contributed by atoms with van der Waals surface area (Å²) in [6.45, 7) is 2.40. The van der Waals surface area contributed by atoms with Crippen LogP contribution in [0.5, 0.6) is 0 Å². The molecule has 17 heavy (non-hydrogen) atoms. The minimum Gasteiger partial charge on any atom is -0.395 e. The van der Waals surface area contributed by atoms with Crippen LogP contribution in [0.2, 0.25) is 0 Å². The molecule has 0 spiro atoms. The Balaban J connectivity index is 2.23. The van der Waals surface area contributed by atoms with Crippen LogP contribution in [-0.2, 0) is 9.53 Å². The van der Waals surface area contributed by atoms with Crippen LogP contribution in [0.3, 0.4) is 0 Å². The average Bonchev–Trinajstić information content (AvgIpc) is 2.28. The molecule has 2 rings (SSSR count). The van der Waals surface area contributed by atoms with Crippen molar-refractivity contribution in [1.82, 2.24) is 0 Å². The lowest BCUT2D eigenvalue weighted by Crippen LogP contribution is -2.57. The molecule has 1 aliphatic heterocycles. The summed E-state index contributed by atoms with van der Waals surface area (Å²) in [5, 5.41) is 9.34. The quantitative estimate of drug-likeness (QED) is 0.849. The number of aliphatic hydroxyl groups excluding tert-OH is 1. The number of aryl methyl sites for hydroxylation is 1. The van der Waals surface area contributed by atoms with E-state index >= 15 is 0 Å². The fraction of sp³-hybridized carbons (Fsp3) is 0.462. The van der Waals surface area contributed by atoms with Gasteiger partial charge in [-0.25, -0.2) is 0 Å². The number of carbonyl (C=O) groups is 1. The van der Waals surface area contributed by atoms with Gasteiger partial charge in [0.15, 0.2) is 0 Å². The number of amides is 1. The Morgan fingerprint density at radius 1 is 1.47 bits per heavy atom. The lowest BCUT2D eigenvalue weighted by atomic mass is 9.85. The van der Waals surface area contributed by atoms with Gasteiger partial charge in [-0.05, 0) is 18.6 Å². The Hall–Kier alpha value is -1.39. The second-order valence-corrected chi connectivity index (χ2v) is 4.58. The molecular weight excluding hydrogens is 218 g/mol. The molecule has 4 nitrogen and oxygen atoms in total. The Bertz CT molecular complexity index is 421. The second-order valence-electron chi connectivity index (χ2n) is 4.58. The fourth-order valence-electron chi connectivity index (χ4n) is 2.04. The molecular formula is C13H17NO3. The summed E-state index contributed by atoms with van der Waals surface area (Å²) in [6, 6.07) is 7.69. The summed E-state index contributed by atoms with van der Waals surface area (Å²) in [4.78, 5) is 13.9. The monoisotopic (exact) mass is 235 g/mol. The first-order valence-corrected chi connectivity index (χ1v) is 5.63. The zero-order chi connectivity index (χ0) is 12.5. The number of ether oxygens (including phenoxy) is 1. The highest BCUT2D eigenvalue weighted by molar-refractivity contribution is 5.98. The van der Waals surface area contributed by atoms with E-state index in [1.165, 1.54) is 0 Å². The lowest BCUT2D eigenvalue weighted by molar-refractivity contribution is -0.166. The Kier molecular flexibility index (Phi) is 3.17. The number of hydrogen-bond acceptors (Lipinski definition) is 3. The first kappa shape index (κ1) is 12.1. The van der Waals surface area contributed by atoms with Crippen molar-refractivity contribution in [3.05, 3.63) is 29.8 Å². The van der Waals surface area contributed by atoms with Gasteiger partial charge < -0.3 is 14.7 Å². The van der Waals surface area contributed by atoms with Crippen LogP contribution in [0, 0.1) is 12.3 Å². The van der Waals surface area contributed by atoms with Crippen LogP contribution in [0.25, 0.3) is 0 Å². The predicted molar refractivity (Wildman–Crippen MR) is 64.9 cm³/mol. The number of anilines is 1. The summed E-state index contributed by atoms with van der Waals surface area (Å²) in [7, 11) is 1.74. The number of rotatable bonds is 3. The van der Waals surface area contributed by atoms with Crippen LogP contribution in [0.15, 0.2) is 24.3 Å². The first-order valence-electron chi connectivity index (χ1n) is 5.63. The molecule has 1 saturated heterocycles. The molecule has 0 saturated carbocycles. The molecule has 1 fully saturated rings. The SMILES string of the molecule is Cc1ccccc1N(C)C(=O)C1(CO)COC1. The molecule has 1 aromatic carbocycles. The van der Waals surface area contributed by atoms with Crippen molar-refractivity contribution >= 4 is 11.6 Å². The molecule has 92 valence electrons. The molecule has 0 atom stereocenters. The molecule has 1 amide bonds. The highest BCUT2D eigenvalue weighted by Gasteiger charge is 2.47. The molecule has 1 aliphatic rings. The van der Waals surface area contributed by atoms with E-state index in [1.807, 2.05) is 31.2 Å². The van der Waals surface area contributed by atoms with Gasteiger partial charge in [0.25, 0.3) is 0 Å². The van der Waals surface area contributed by atoms with Gasteiger partial charge in [-0.1, -0.05) is 18.2 Å². The van der Waals surface area contributed by atoms with E-state index in [1.54, 1.807) is 11.9 Å². The van der Waals surface area contributed by atoms with Gasteiger partial charge in [0.05, 0.1) is 19.8 Å². The van der Waals surface area contributed by atoms with E-state index < -0.39 is 5.41 Å². The standard InChI is InChI=1S/C13H17NO3/c1-10-5-3-4-6-11(10)14(2)12(16)13(7-15)8-17-9-13/h3-6,15H,7-9H2,1-2H3. The molecule has 0 unspecified atom stereocenters. The van der Waals surface area contributed by atoms with Crippen molar-refractivity contribution in [2.45, 2.75) is 6.92 Å². The fourth-order valence-corrected chi connectivity index (χ4v) is 2.04. The highest BCUT2D eigenvalue weighted by atomic mass is 16.5. The first-order chi connectivity index (χ1) is 8.10. The van der Waals surface area contributed by atoms with Gasteiger partial charge in [-0.3, -0.25) is 4.79 Å². The molecule has 0 aromatic heterocycles. The number of benzene rings is 1. The van der Waals surface area contributed by atoms with Crippen LogP contribution in [0.1, 0.15) is 5.56 Å². The molecule has 0 aliphatic carbocycles. The lowest BCUT2D eigenvalue weighted by Gasteiger charge is -2.40.